The number of aromatic nitrogens is 6. The summed E-state index contributed by atoms with van der Waals surface area (Å²) in [4.78, 5) is 16.5. The summed E-state index contributed by atoms with van der Waals surface area (Å²) < 4.78 is 30.4. The van der Waals surface area contributed by atoms with Crippen LogP contribution in [0.25, 0.3) is 5.82 Å². The van der Waals surface area contributed by atoms with E-state index < -0.39 is 10.0 Å². The molecule has 0 saturated carbocycles. The third kappa shape index (κ3) is 3.89. The molecule has 3 rings (SSSR count). The highest BCUT2D eigenvalue weighted by molar-refractivity contribution is 7.89. The van der Waals surface area contributed by atoms with Crippen molar-refractivity contribution in [3.8, 4) is 5.82 Å². The van der Waals surface area contributed by atoms with Crippen LogP contribution in [0.4, 0.5) is 5.82 Å². The van der Waals surface area contributed by atoms with Crippen LogP contribution in [0, 0.1) is 13.8 Å². The lowest BCUT2D eigenvalue weighted by Gasteiger charge is -2.09. The predicted octanol–water partition coefficient (Wildman–Crippen LogP) is 0.403. The molecule has 11 heteroatoms. The third-order valence-electron chi connectivity index (χ3n) is 3.81. The molecule has 0 atom stereocenters. The normalized spacial score (nSPS) is 11.7. The number of nitrogens with one attached hydrogen (secondary N) is 2. The van der Waals surface area contributed by atoms with Gasteiger partial charge in [-0.25, -0.2) is 33.1 Å². The fourth-order valence-electron chi connectivity index (χ4n) is 2.30. The minimum atomic E-state index is -3.63. The highest BCUT2D eigenvalue weighted by atomic mass is 32.2. The van der Waals surface area contributed by atoms with Crippen LogP contribution >= 0.6 is 0 Å². The number of hydrogen-bond donors (Lipinski definition) is 2. The Kier molecular flexibility index (Phi) is 5.00. The van der Waals surface area contributed by atoms with Crippen LogP contribution in [0.1, 0.15) is 11.6 Å². The zero-order chi connectivity index (χ0) is 18.7. The molecule has 138 valence electrons. The topological polar surface area (TPSA) is 120 Å². The Morgan fingerprint density at radius 1 is 1.12 bits per heavy atom. The number of aryl methyl sites for hydroxylation is 3. The van der Waals surface area contributed by atoms with Gasteiger partial charge < -0.3 is 9.88 Å². The summed E-state index contributed by atoms with van der Waals surface area (Å²) in [5.74, 6) is 2.72. The van der Waals surface area contributed by atoms with Gasteiger partial charge in [-0.15, -0.1) is 0 Å². The Morgan fingerprint density at radius 3 is 2.58 bits per heavy atom. The van der Waals surface area contributed by atoms with Crippen LogP contribution in [0.3, 0.4) is 0 Å². The summed E-state index contributed by atoms with van der Waals surface area (Å²) >= 11 is 0. The van der Waals surface area contributed by atoms with Crippen molar-refractivity contribution in [3.63, 3.8) is 0 Å². The maximum absolute atomic E-state index is 12.2. The third-order valence-corrected chi connectivity index (χ3v) is 5.14. The summed E-state index contributed by atoms with van der Waals surface area (Å²) in [6.07, 6.45) is 6.43. The zero-order valence-electron chi connectivity index (χ0n) is 14.7. The highest BCUT2D eigenvalue weighted by Crippen LogP contribution is 2.11. The predicted molar refractivity (Wildman–Crippen MR) is 95.5 cm³/mol. The van der Waals surface area contributed by atoms with E-state index in [9.17, 15) is 8.42 Å². The van der Waals surface area contributed by atoms with Gasteiger partial charge in [-0.3, -0.25) is 4.57 Å². The van der Waals surface area contributed by atoms with E-state index in [2.05, 4.69) is 30.0 Å². The number of imidazole rings is 2. The average molecular weight is 376 g/mol. The molecule has 0 amide bonds. The van der Waals surface area contributed by atoms with Gasteiger partial charge in [-0.1, -0.05) is 0 Å². The van der Waals surface area contributed by atoms with Crippen LogP contribution in [0.5, 0.6) is 0 Å². The molecule has 0 aromatic carbocycles. The molecule has 0 bridgehead atoms. The second-order valence-electron chi connectivity index (χ2n) is 5.67. The summed E-state index contributed by atoms with van der Waals surface area (Å²) in [5, 5.41) is 3.08. The molecule has 0 unspecified atom stereocenters. The van der Waals surface area contributed by atoms with Crippen LogP contribution in [-0.4, -0.2) is 50.6 Å². The van der Waals surface area contributed by atoms with E-state index in [0.717, 1.165) is 5.82 Å². The van der Waals surface area contributed by atoms with Gasteiger partial charge in [0, 0.05) is 44.8 Å². The van der Waals surface area contributed by atoms with Crippen molar-refractivity contribution in [3.05, 3.63) is 42.6 Å². The maximum Gasteiger partial charge on any atom is 0.259 e. The van der Waals surface area contributed by atoms with E-state index in [1.54, 1.807) is 30.8 Å². The standard InChI is InChI=1S/C15H20N8O2S/c1-11-16-6-7-23(11)14-8-13(18-10-19-14)17-4-5-20-26(24,25)15-9-22(3)12(2)21-15/h6-10,20H,4-5H2,1-3H3,(H,17,18,19). The minimum Gasteiger partial charge on any atom is -0.369 e. The number of rotatable bonds is 7. The van der Waals surface area contributed by atoms with Crippen molar-refractivity contribution in [2.24, 2.45) is 7.05 Å². The fourth-order valence-corrected chi connectivity index (χ4v) is 3.37. The zero-order valence-corrected chi connectivity index (χ0v) is 15.5. The molecule has 26 heavy (non-hydrogen) atoms. The van der Waals surface area contributed by atoms with Crippen molar-refractivity contribution < 1.29 is 8.42 Å². The molecular weight excluding hydrogens is 356 g/mol. The first-order valence-electron chi connectivity index (χ1n) is 7.93. The van der Waals surface area contributed by atoms with E-state index >= 15 is 0 Å². The summed E-state index contributed by atoms with van der Waals surface area (Å²) in [5.41, 5.74) is 0. The van der Waals surface area contributed by atoms with Crippen molar-refractivity contribution in [1.82, 2.24) is 33.8 Å². The van der Waals surface area contributed by atoms with Crippen molar-refractivity contribution in [1.29, 1.82) is 0 Å². The molecule has 0 aliphatic heterocycles. The first kappa shape index (κ1) is 18.0. The molecule has 3 aromatic rings. The number of hydrogen-bond acceptors (Lipinski definition) is 7. The van der Waals surface area contributed by atoms with Crippen LogP contribution < -0.4 is 10.0 Å². The Hall–Kier alpha value is -2.79. The smallest absolute Gasteiger partial charge is 0.259 e. The van der Waals surface area contributed by atoms with Gasteiger partial charge in [-0.2, -0.15) is 0 Å². The number of sulfonamides is 1. The van der Waals surface area contributed by atoms with Gasteiger partial charge in [0.1, 0.15) is 29.6 Å². The van der Waals surface area contributed by atoms with Gasteiger partial charge in [-0.05, 0) is 13.8 Å². The van der Waals surface area contributed by atoms with Crippen molar-refractivity contribution >= 4 is 15.8 Å². The highest BCUT2D eigenvalue weighted by Gasteiger charge is 2.17. The molecule has 0 radical (unpaired) electrons. The van der Waals surface area contributed by atoms with E-state index in [1.165, 1.54) is 12.5 Å². The minimum absolute atomic E-state index is 0.0115. The largest absolute Gasteiger partial charge is 0.369 e. The number of anilines is 1. The Balaban J connectivity index is 1.58. The van der Waals surface area contributed by atoms with Crippen LogP contribution in [0.15, 0.2) is 36.0 Å². The monoisotopic (exact) mass is 376 g/mol. The van der Waals surface area contributed by atoms with E-state index in [-0.39, 0.29) is 11.6 Å². The lowest BCUT2D eigenvalue weighted by molar-refractivity contribution is 0.579. The van der Waals surface area contributed by atoms with Gasteiger partial charge >= 0.3 is 0 Å². The van der Waals surface area contributed by atoms with E-state index in [0.29, 0.717) is 24.0 Å². The molecular formula is C15H20N8O2S. The van der Waals surface area contributed by atoms with Crippen LogP contribution in [0.2, 0.25) is 0 Å². The molecule has 10 nitrogen and oxygen atoms in total. The molecule has 0 aliphatic carbocycles. The summed E-state index contributed by atoms with van der Waals surface area (Å²) in [6.45, 7) is 4.18. The number of nitrogens with zero attached hydrogens (tertiary/aromatic N) is 6. The quantitative estimate of drug-likeness (QED) is 0.573. The second-order valence-corrected chi connectivity index (χ2v) is 7.38. The fraction of sp³-hybridized carbons (Fsp3) is 0.333. The molecule has 3 heterocycles. The van der Waals surface area contributed by atoms with Gasteiger partial charge in [0.15, 0.2) is 5.03 Å². The molecule has 3 aromatic heterocycles. The van der Waals surface area contributed by atoms with E-state index in [1.807, 2.05) is 17.7 Å². The molecule has 0 spiro atoms. The van der Waals surface area contributed by atoms with Crippen LogP contribution in [-0.2, 0) is 17.1 Å². The van der Waals surface area contributed by atoms with Crippen molar-refractivity contribution in [2.75, 3.05) is 18.4 Å². The Bertz CT molecular complexity index is 989. The Morgan fingerprint density at radius 2 is 1.92 bits per heavy atom. The van der Waals surface area contributed by atoms with Gasteiger partial charge in [0.05, 0.1) is 0 Å². The van der Waals surface area contributed by atoms with Gasteiger partial charge in [0.25, 0.3) is 10.0 Å². The molecule has 0 saturated heterocycles. The first-order valence-corrected chi connectivity index (χ1v) is 9.41. The molecule has 0 fully saturated rings. The SMILES string of the molecule is Cc1nc(S(=O)(=O)NCCNc2cc(-n3ccnc3C)ncn2)cn1C. The lowest BCUT2D eigenvalue weighted by atomic mass is 10.5. The second kappa shape index (κ2) is 7.22. The lowest BCUT2D eigenvalue weighted by Crippen LogP contribution is -2.29. The average Bonchev–Trinajstić information content (AvgIpc) is 3.18. The molecule has 0 aliphatic rings. The van der Waals surface area contributed by atoms with Crippen molar-refractivity contribution in [2.45, 2.75) is 18.9 Å². The van der Waals surface area contributed by atoms with Gasteiger partial charge in [0.2, 0.25) is 0 Å². The Labute approximate surface area is 151 Å². The maximum atomic E-state index is 12.2. The first-order chi connectivity index (χ1) is 12.4. The summed E-state index contributed by atoms with van der Waals surface area (Å²) in [6, 6.07) is 1.77. The molecule has 2 N–H and O–H groups in total. The van der Waals surface area contributed by atoms with E-state index in [4.69, 9.17) is 0 Å². The summed E-state index contributed by atoms with van der Waals surface area (Å²) in [7, 11) is -1.89.